The summed E-state index contributed by atoms with van der Waals surface area (Å²) < 4.78 is 1.21. The van der Waals surface area contributed by atoms with Gasteiger partial charge in [0.05, 0.1) is 15.7 Å². The van der Waals surface area contributed by atoms with Crippen LogP contribution in [0.2, 0.25) is 0 Å². The largest absolute Gasteiger partial charge is 0.278 e. The van der Waals surface area contributed by atoms with Crippen molar-refractivity contribution in [2.24, 2.45) is 0 Å². The topological polar surface area (TPSA) is 28.7 Å². The highest BCUT2D eigenvalue weighted by atomic mass is 79.9. The molecule has 2 aromatic heterocycles. The highest BCUT2D eigenvalue weighted by Gasteiger charge is 2.19. The van der Waals surface area contributed by atoms with Crippen LogP contribution in [0.25, 0.3) is 11.3 Å². The van der Waals surface area contributed by atoms with Gasteiger partial charge in [-0.3, -0.25) is 5.10 Å². The van der Waals surface area contributed by atoms with Crippen LogP contribution in [0.4, 0.5) is 0 Å². The van der Waals surface area contributed by atoms with Gasteiger partial charge in [0.2, 0.25) is 0 Å². The molecular weight excluding hydrogens is 248 g/mol. The quantitative estimate of drug-likeness (QED) is 0.770. The molecule has 1 N–H and O–H groups in total. The second-order valence-electron chi connectivity index (χ2n) is 3.16. The number of hydrogen-bond donors (Lipinski definition) is 1. The summed E-state index contributed by atoms with van der Waals surface area (Å²) in [6.45, 7) is 0. The molecule has 0 atom stereocenters. The number of aromatic nitrogens is 2. The van der Waals surface area contributed by atoms with E-state index in [0.717, 1.165) is 12.8 Å². The summed E-state index contributed by atoms with van der Waals surface area (Å²) in [6, 6.07) is 2.18. The molecule has 0 bridgehead atoms. The standard InChI is InChI=1S/C9H7BrN2S/c10-8-3-6-7(13-8)2-1-5-4-11-12-9(5)6/h3-4H,1-2H2,(H,11,12). The van der Waals surface area contributed by atoms with Crippen molar-refractivity contribution in [3.63, 3.8) is 0 Å². The van der Waals surface area contributed by atoms with E-state index in [4.69, 9.17) is 0 Å². The number of thiophene rings is 1. The molecule has 0 saturated heterocycles. The zero-order chi connectivity index (χ0) is 8.84. The third kappa shape index (κ3) is 1.09. The first kappa shape index (κ1) is 7.76. The molecule has 0 aliphatic heterocycles. The maximum Gasteiger partial charge on any atom is 0.0708 e. The lowest BCUT2D eigenvalue weighted by atomic mass is 9.98. The molecule has 0 aromatic carbocycles. The van der Waals surface area contributed by atoms with Crippen LogP contribution in [0.5, 0.6) is 0 Å². The van der Waals surface area contributed by atoms with E-state index in [9.17, 15) is 0 Å². The van der Waals surface area contributed by atoms with E-state index in [2.05, 4.69) is 32.2 Å². The van der Waals surface area contributed by atoms with Crippen molar-refractivity contribution in [1.29, 1.82) is 0 Å². The number of H-pyrrole nitrogens is 1. The molecule has 0 amide bonds. The Morgan fingerprint density at radius 2 is 2.38 bits per heavy atom. The van der Waals surface area contributed by atoms with Gasteiger partial charge in [-0.2, -0.15) is 5.10 Å². The molecule has 4 heteroatoms. The predicted octanol–water partition coefficient (Wildman–Crippen LogP) is 3.00. The van der Waals surface area contributed by atoms with E-state index in [-0.39, 0.29) is 0 Å². The molecule has 3 rings (SSSR count). The van der Waals surface area contributed by atoms with Crippen LogP contribution in [0, 0.1) is 0 Å². The summed E-state index contributed by atoms with van der Waals surface area (Å²) in [5.74, 6) is 0. The number of hydrogen-bond acceptors (Lipinski definition) is 2. The Morgan fingerprint density at radius 1 is 1.46 bits per heavy atom. The normalized spacial score (nSPS) is 13.9. The number of aromatic amines is 1. The van der Waals surface area contributed by atoms with Gasteiger partial charge < -0.3 is 0 Å². The Labute approximate surface area is 88.1 Å². The average molecular weight is 255 g/mol. The van der Waals surface area contributed by atoms with Crippen LogP contribution in [0.15, 0.2) is 16.0 Å². The summed E-state index contributed by atoms with van der Waals surface area (Å²) in [4.78, 5) is 1.46. The van der Waals surface area contributed by atoms with Crippen molar-refractivity contribution in [3.05, 3.63) is 26.5 Å². The van der Waals surface area contributed by atoms with Crippen molar-refractivity contribution in [2.45, 2.75) is 12.8 Å². The zero-order valence-corrected chi connectivity index (χ0v) is 9.20. The monoisotopic (exact) mass is 254 g/mol. The van der Waals surface area contributed by atoms with Crippen LogP contribution < -0.4 is 0 Å². The summed E-state index contributed by atoms with van der Waals surface area (Å²) >= 11 is 5.34. The average Bonchev–Trinajstić information content (AvgIpc) is 2.65. The van der Waals surface area contributed by atoms with Crippen LogP contribution in [0.3, 0.4) is 0 Å². The van der Waals surface area contributed by atoms with Crippen LogP contribution in [-0.4, -0.2) is 10.2 Å². The second-order valence-corrected chi connectivity index (χ2v) is 5.67. The van der Waals surface area contributed by atoms with Gasteiger partial charge in [0.15, 0.2) is 0 Å². The van der Waals surface area contributed by atoms with E-state index >= 15 is 0 Å². The Kier molecular flexibility index (Phi) is 1.60. The molecule has 13 heavy (non-hydrogen) atoms. The van der Waals surface area contributed by atoms with Gasteiger partial charge in [0, 0.05) is 10.4 Å². The fourth-order valence-electron chi connectivity index (χ4n) is 1.78. The number of nitrogens with one attached hydrogen (secondary N) is 1. The SMILES string of the molecule is Brc1cc2c(s1)CCc1cn[nH]c1-2. The molecule has 0 radical (unpaired) electrons. The molecule has 0 saturated carbocycles. The van der Waals surface area contributed by atoms with Gasteiger partial charge in [-0.15, -0.1) is 11.3 Å². The summed E-state index contributed by atoms with van der Waals surface area (Å²) in [5.41, 5.74) is 3.89. The van der Waals surface area contributed by atoms with Gasteiger partial charge in [0.25, 0.3) is 0 Å². The molecule has 1 aliphatic rings. The fraction of sp³-hybridized carbons (Fsp3) is 0.222. The van der Waals surface area contributed by atoms with Crippen molar-refractivity contribution in [2.75, 3.05) is 0 Å². The molecule has 0 spiro atoms. The van der Waals surface area contributed by atoms with E-state index in [1.165, 1.54) is 25.5 Å². The van der Waals surface area contributed by atoms with Crippen LogP contribution in [-0.2, 0) is 12.8 Å². The lowest BCUT2D eigenvalue weighted by Gasteiger charge is -2.09. The highest BCUT2D eigenvalue weighted by molar-refractivity contribution is 9.11. The smallest absolute Gasteiger partial charge is 0.0708 e. The van der Waals surface area contributed by atoms with Crippen molar-refractivity contribution >= 4 is 27.3 Å². The number of rotatable bonds is 0. The van der Waals surface area contributed by atoms with Crippen molar-refractivity contribution in [3.8, 4) is 11.3 Å². The molecular formula is C9H7BrN2S. The van der Waals surface area contributed by atoms with E-state index < -0.39 is 0 Å². The molecule has 0 unspecified atom stereocenters. The van der Waals surface area contributed by atoms with Crippen LogP contribution in [0.1, 0.15) is 10.4 Å². The summed E-state index contributed by atoms with van der Waals surface area (Å²) in [6.07, 6.45) is 4.20. The number of fused-ring (bicyclic) bond motifs is 3. The van der Waals surface area contributed by atoms with Gasteiger partial charge in [-0.1, -0.05) is 0 Å². The Balaban J connectivity index is 2.29. The Bertz CT molecular complexity index is 458. The second kappa shape index (κ2) is 2.69. The van der Waals surface area contributed by atoms with E-state index in [0.29, 0.717) is 0 Å². The van der Waals surface area contributed by atoms with Gasteiger partial charge in [0.1, 0.15) is 0 Å². The maximum atomic E-state index is 4.08. The number of aryl methyl sites for hydroxylation is 2. The molecule has 1 aliphatic carbocycles. The first-order valence-electron chi connectivity index (χ1n) is 4.15. The number of halogens is 1. The fourth-order valence-corrected chi connectivity index (χ4v) is 3.48. The third-order valence-corrected chi connectivity index (χ3v) is 4.09. The minimum Gasteiger partial charge on any atom is -0.278 e. The van der Waals surface area contributed by atoms with E-state index in [1.54, 1.807) is 0 Å². The molecule has 66 valence electrons. The summed E-state index contributed by atoms with van der Waals surface area (Å²) in [7, 11) is 0. The predicted molar refractivity (Wildman–Crippen MR) is 57.0 cm³/mol. The first-order chi connectivity index (χ1) is 6.34. The lowest BCUT2D eigenvalue weighted by molar-refractivity contribution is 0.964. The number of nitrogens with zero attached hydrogens (tertiary/aromatic N) is 1. The van der Waals surface area contributed by atoms with Gasteiger partial charge >= 0.3 is 0 Å². The Hall–Kier alpha value is -0.610. The zero-order valence-electron chi connectivity index (χ0n) is 6.80. The third-order valence-electron chi connectivity index (χ3n) is 2.39. The summed E-state index contributed by atoms with van der Waals surface area (Å²) in [5, 5.41) is 7.14. The van der Waals surface area contributed by atoms with Gasteiger partial charge in [-0.25, -0.2) is 0 Å². The van der Waals surface area contributed by atoms with Crippen molar-refractivity contribution in [1.82, 2.24) is 10.2 Å². The highest BCUT2D eigenvalue weighted by Crippen LogP contribution is 2.39. The minimum absolute atomic E-state index is 1.12. The molecule has 2 nitrogen and oxygen atoms in total. The first-order valence-corrected chi connectivity index (χ1v) is 5.76. The van der Waals surface area contributed by atoms with Gasteiger partial charge in [-0.05, 0) is 40.4 Å². The molecule has 0 fully saturated rings. The van der Waals surface area contributed by atoms with E-state index in [1.807, 2.05) is 17.5 Å². The van der Waals surface area contributed by atoms with Crippen LogP contribution >= 0.6 is 27.3 Å². The minimum atomic E-state index is 1.12. The molecule has 2 heterocycles. The maximum absolute atomic E-state index is 4.08. The van der Waals surface area contributed by atoms with Crippen molar-refractivity contribution < 1.29 is 0 Å². The molecule has 2 aromatic rings. The Morgan fingerprint density at radius 3 is 3.31 bits per heavy atom. The lowest BCUT2D eigenvalue weighted by Crippen LogP contribution is -1.98.